The highest BCUT2D eigenvalue weighted by Gasteiger charge is 2.26. The normalized spacial score (nSPS) is 19.6. The third kappa shape index (κ3) is 2.56. The van der Waals surface area contributed by atoms with Crippen LogP contribution in [0.4, 0.5) is 14.5 Å². The fourth-order valence-corrected chi connectivity index (χ4v) is 1.86. The predicted molar refractivity (Wildman–Crippen MR) is 59.5 cm³/mol. The van der Waals surface area contributed by atoms with Gasteiger partial charge in [-0.05, 0) is 25.5 Å². The molecule has 1 N–H and O–H groups in total. The monoisotopic (exact) mass is 258 g/mol. The maximum atomic E-state index is 13.6. The molecule has 2 rings (SSSR count). The van der Waals surface area contributed by atoms with E-state index in [2.05, 4.69) is 5.32 Å². The minimum atomic E-state index is -1.31. The van der Waals surface area contributed by atoms with Crippen LogP contribution in [0.15, 0.2) is 12.1 Å². The number of nitrogens with one attached hydrogen (secondary N) is 1. The zero-order valence-electron chi connectivity index (χ0n) is 9.49. The van der Waals surface area contributed by atoms with E-state index in [1.807, 2.05) is 0 Å². The van der Waals surface area contributed by atoms with Crippen molar-refractivity contribution in [3.05, 3.63) is 33.9 Å². The van der Waals surface area contributed by atoms with Gasteiger partial charge in [0.2, 0.25) is 11.6 Å². The van der Waals surface area contributed by atoms with E-state index in [4.69, 9.17) is 4.74 Å². The number of nitro benzene ring substituents is 1. The quantitative estimate of drug-likeness (QED) is 0.665. The van der Waals surface area contributed by atoms with Crippen molar-refractivity contribution in [3.63, 3.8) is 0 Å². The first-order valence-corrected chi connectivity index (χ1v) is 5.59. The van der Waals surface area contributed by atoms with Crippen LogP contribution in [0.1, 0.15) is 12.8 Å². The molecule has 1 atom stereocenters. The molecule has 0 aromatic heterocycles. The molecule has 0 amide bonds. The summed E-state index contributed by atoms with van der Waals surface area (Å²) in [5.74, 6) is -3.08. The van der Waals surface area contributed by atoms with E-state index in [0.29, 0.717) is 13.0 Å². The molecule has 18 heavy (non-hydrogen) atoms. The lowest BCUT2D eigenvalue weighted by Gasteiger charge is -2.23. The first kappa shape index (κ1) is 12.7. The Hall–Kier alpha value is -1.76. The van der Waals surface area contributed by atoms with Gasteiger partial charge in [0.25, 0.3) is 0 Å². The zero-order chi connectivity index (χ0) is 13.1. The SMILES string of the molecule is O=[N+]([O-])c1ccc(F)c(F)c1OC1CCCNC1. The van der Waals surface area contributed by atoms with Crippen molar-refractivity contribution >= 4 is 5.69 Å². The van der Waals surface area contributed by atoms with Crippen molar-refractivity contribution in [2.45, 2.75) is 18.9 Å². The second-order valence-electron chi connectivity index (χ2n) is 4.05. The van der Waals surface area contributed by atoms with E-state index in [1.54, 1.807) is 0 Å². The van der Waals surface area contributed by atoms with E-state index in [0.717, 1.165) is 25.1 Å². The summed E-state index contributed by atoms with van der Waals surface area (Å²) >= 11 is 0. The van der Waals surface area contributed by atoms with Crippen LogP contribution < -0.4 is 10.1 Å². The molecule has 98 valence electrons. The first-order chi connectivity index (χ1) is 8.59. The van der Waals surface area contributed by atoms with Crippen LogP contribution >= 0.6 is 0 Å². The maximum Gasteiger partial charge on any atom is 0.314 e. The molecule has 7 heteroatoms. The molecule has 0 bridgehead atoms. The molecule has 0 spiro atoms. The standard InChI is InChI=1S/C11H12F2N2O3/c12-8-3-4-9(15(16)17)11(10(8)13)18-7-2-1-5-14-6-7/h3-4,7,14H,1-2,5-6H2. The Bertz CT molecular complexity index is 462. The fraction of sp³-hybridized carbons (Fsp3) is 0.455. The molecule has 0 saturated carbocycles. The number of benzene rings is 1. The third-order valence-corrected chi connectivity index (χ3v) is 2.76. The van der Waals surface area contributed by atoms with Crippen LogP contribution in [-0.2, 0) is 0 Å². The van der Waals surface area contributed by atoms with Crippen molar-refractivity contribution in [1.29, 1.82) is 0 Å². The third-order valence-electron chi connectivity index (χ3n) is 2.76. The number of nitro groups is 1. The largest absolute Gasteiger partial charge is 0.480 e. The fourth-order valence-electron chi connectivity index (χ4n) is 1.86. The Morgan fingerprint density at radius 1 is 1.44 bits per heavy atom. The van der Waals surface area contributed by atoms with E-state index in [9.17, 15) is 18.9 Å². The Kier molecular flexibility index (Phi) is 3.71. The predicted octanol–water partition coefficient (Wildman–Crippen LogP) is 2.00. The van der Waals surface area contributed by atoms with Crippen molar-refractivity contribution < 1.29 is 18.4 Å². The highest BCUT2D eigenvalue weighted by molar-refractivity contribution is 5.47. The number of piperidine rings is 1. The van der Waals surface area contributed by atoms with Gasteiger partial charge in [-0.15, -0.1) is 0 Å². The zero-order valence-corrected chi connectivity index (χ0v) is 9.49. The summed E-state index contributed by atoms with van der Waals surface area (Å²) in [7, 11) is 0. The molecule has 1 saturated heterocycles. The average molecular weight is 258 g/mol. The van der Waals surface area contributed by atoms with Gasteiger partial charge < -0.3 is 10.1 Å². The first-order valence-electron chi connectivity index (χ1n) is 5.59. The van der Waals surface area contributed by atoms with Crippen LogP contribution in [0.5, 0.6) is 5.75 Å². The minimum Gasteiger partial charge on any atom is -0.480 e. The number of nitrogens with zero attached hydrogens (tertiary/aromatic N) is 1. The molecule has 1 aliphatic heterocycles. The summed E-state index contributed by atoms with van der Waals surface area (Å²) in [6.07, 6.45) is 1.10. The molecule has 0 aliphatic carbocycles. The topological polar surface area (TPSA) is 64.4 Å². The minimum absolute atomic E-state index is 0.381. The Labute approximate surface area is 102 Å². The molecule has 0 radical (unpaired) electrons. The van der Waals surface area contributed by atoms with E-state index in [-0.39, 0.29) is 6.10 Å². The van der Waals surface area contributed by atoms with Crippen LogP contribution in [0, 0.1) is 21.7 Å². The lowest BCUT2D eigenvalue weighted by Crippen LogP contribution is -2.37. The van der Waals surface area contributed by atoms with Crippen molar-refractivity contribution in [3.8, 4) is 5.75 Å². The highest BCUT2D eigenvalue weighted by atomic mass is 19.2. The van der Waals surface area contributed by atoms with Gasteiger partial charge in [-0.25, -0.2) is 4.39 Å². The van der Waals surface area contributed by atoms with E-state index >= 15 is 0 Å². The molecule has 1 aromatic carbocycles. The molecule has 1 aliphatic rings. The average Bonchev–Trinajstić information content (AvgIpc) is 2.36. The van der Waals surface area contributed by atoms with Gasteiger partial charge in [-0.2, -0.15) is 4.39 Å². The second-order valence-corrected chi connectivity index (χ2v) is 4.05. The van der Waals surface area contributed by atoms with E-state index in [1.165, 1.54) is 0 Å². The number of hydrogen-bond donors (Lipinski definition) is 1. The van der Waals surface area contributed by atoms with Crippen molar-refractivity contribution in [1.82, 2.24) is 5.32 Å². The molecule has 1 heterocycles. The number of halogens is 2. The lowest BCUT2D eigenvalue weighted by atomic mass is 10.1. The van der Waals surface area contributed by atoms with Gasteiger partial charge >= 0.3 is 5.69 Å². The summed E-state index contributed by atoms with van der Waals surface area (Å²) in [5, 5.41) is 13.8. The second kappa shape index (κ2) is 5.26. The molecule has 1 fully saturated rings. The smallest absolute Gasteiger partial charge is 0.314 e. The van der Waals surface area contributed by atoms with Gasteiger partial charge in [-0.3, -0.25) is 10.1 Å². The molecule has 1 aromatic rings. The maximum absolute atomic E-state index is 13.6. The summed E-state index contributed by atoms with van der Waals surface area (Å²) in [4.78, 5) is 9.96. The molecular weight excluding hydrogens is 246 g/mol. The van der Waals surface area contributed by atoms with Crippen LogP contribution in [0.25, 0.3) is 0 Å². The van der Waals surface area contributed by atoms with Crippen LogP contribution in [0.2, 0.25) is 0 Å². The Morgan fingerprint density at radius 2 is 2.22 bits per heavy atom. The van der Waals surface area contributed by atoms with Crippen molar-refractivity contribution in [2.75, 3.05) is 13.1 Å². The number of hydrogen-bond acceptors (Lipinski definition) is 4. The van der Waals surface area contributed by atoms with Gasteiger partial charge in [0, 0.05) is 12.6 Å². The van der Waals surface area contributed by atoms with Gasteiger partial charge in [0.05, 0.1) is 4.92 Å². The number of rotatable bonds is 3. The van der Waals surface area contributed by atoms with Crippen molar-refractivity contribution in [2.24, 2.45) is 0 Å². The summed E-state index contributed by atoms with van der Waals surface area (Å²) in [6.45, 7) is 1.29. The van der Waals surface area contributed by atoms with E-state index < -0.39 is 28.0 Å². The summed E-state index contributed by atoms with van der Waals surface area (Å²) < 4.78 is 31.9. The molecule has 1 unspecified atom stereocenters. The lowest BCUT2D eigenvalue weighted by molar-refractivity contribution is -0.386. The van der Waals surface area contributed by atoms with Crippen LogP contribution in [-0.4, -0.2) is 24.1 Å². The summed E-state index contributed by atoms with van der Waals surface area (Å²) in [5.41, 5.74) is -0.556. The van der Waals surface area contributed by atoms with Crippen LogP contribution in [0.3, 0.4) is 0 Å². The van der Waals surface area contributed by atoms with Gasteiger partial charge in [0.15, 0.2) is 5.82 Å². The highest BCUT2D eigenvalue weighted by Crippen LogP contribution is 2.32. The molecular formula is C11H12F2N2O3. The van der Waals surface area contributed by atoms with Gasteiger partial charge in [0.1, 0.15) is 6.10 Å². The Morgan fingerprint density at radius 3 is 2.83 bits per heavy atom. The molecule has 5 nitrogen and oxygen atoms in total. The summed E-state index contributed by atoms with van der Waals surface area (Å²) in [6, 6.07) is 1.63. The Balaban J connectivity index is 2.29. The number of ether oxygens (including phenoxy) is 1. The van der Waals surface area contributed by atoms with Gasteiger partial charge in [-0.1, -0.05) is 0 Å².